The van der Waals surface area contributed by atoms with E-state index in [-0.39, 0.29) is 5.91 Å². The van der Waals surface area contributed by atoms with Gasteiger partial charge in [0.05, 0.1) is 10.2 Å². The highest BCUT2D eigenvalue weighted by atomic mass is 35.5. The van der Waals surface area contributed by atoms with Gasteiger partial charge in [-0.25, -0.2) is 0 Å². The van der Waals surface area contributed by atoms with Gasteiger partial charge in [0.15, 0.2) is 4.80 Å². The molecule has 0 aliphatic heterocycles. The number of benzene rings is 2. The predicted molar refractivity (Wildman–Crippen MR) is 116 cm³/mol. The summed E-state index contributed by atoms with van der Waals surface area (Å²) < 4.78 is 3.18. The number of nitrogens with zero attached hydrogens (tertiary/aromatic N) is 2. The average molecular weight is 423 g/mol. The van der Waals surface area contributed by atoms with E-state index in [1.165, 1.54) is 16.2 Å². The Hall–Kier alpha value is -1.21. The van der Waals surface area contributed by atoms with Gasteiger partial charge in [-0.15, -0.1) is 11.8 Å². The van der Waals surface area contributed by atoms with Crippen LogP contribution in [0.3, 0.4) is 0 Å². The SMILES string of the molecule is CSCCn1c(=NC(=O)CCSc2ccccc2)sc2cc(Cl)ccc21. The molecule has 0 saturated carbocycles. The smallest absolute Gasteiger partial charge is 0.249 e. The molecule has 0 spiro atoms. The third-order valence-electron chi connectivity index (χ3n) is 3.71. The van der Waals surface area contributed by atoms with Gasteiger partial charge in [0.25, 0.3) is 0 Å². The molecule has 136 valence electrons. The first kappa shape index (κ1) is 19.5. The Morgan fingerprint density at radius 2 is 2.00 bits per heavy atom. The zero-order chi connectivity index (χ0) is 18.4. The van der Waals surface area contributed by atoms with Crippen molar-refractivity contribution in [2.75, 3.05) is 17.8 Å². The molecule has 1 aromatic heterocycles. The van der Waals surface area contributed by atoms with E-state index in [1.807, 2.05) is 36.4 Å². The highest BCUT2D eigenvalue weighted by Gasteiger charge is 2.08. The number of thiazole rings is 1. The minimum Gasteiger partial charge on any atom is -0.316 e. The van der Waals surface area contributed by atoms with E-state index in [1.54, 1.807) is 23.5 Å². The molecule has 3 rings (SSSR count). The molecule has 0 unspecified atom stereocenters. The van der Waals surface area contributed by atoms with Gasteiger partial charge in [0.1, 0.15) is 0 Å². The van der Waals surface area contributed by atoms with Crippen molar-refractivity contribution in [2.45, 2.75) is 17.9 Å². The van der Waals surface area contributed by atoms with E-state index in [0.29, 0.717) is 11.4 Å². The number of amides is 1. The van der Waals surface area contributed by atoms with Crippen LogP contribution in [0.2, 0.25) is 5.02 Å². The summed E-state index contributed by atoms with van der Waals surface area (Å²) in [5.41, 5.74) is 1.08. The van der Waals surface area contributed by atoms with Gasteiger partial charge in [-0.3, -0.25) is 4.79 Å². The quantitative estimate of drug-likeness (QED) is 0.482. The first-order valence-electron chi connectivity index (χ1n) is 8.20. The molecule has 7 heteroatoms. The first-order chi connectivity index (χ1) is 12.7. The number of fused-ring (bicyclic) bond motifs is 1. The molecule has 26 heavy (non-hydrogen) atoms. The van der Waals surface area contributed by atoms with Crippen LogP contribution in [0.25, 0.3) is 10.2 Å². The minimum absolute atomic E-state index is 0.0796. The van der Waals surface area contributed by atoms with Crippen LogP contribution in [0.1, 0.15) is 6.42 Å². The minimum atomic E-state index is -0.0796. The number of aryl methyl sites for hydroxylation is 1. The highest BCUT2D eigenvalue weighted by Crippen LogP contribution is 2.22. The number of thioether (sulfide) groups is 2. The normalized spacial score (nSPS) is 12.0. The summed E-state index contributed by atoms with van der Waals surface area (Å²) in [6.07, 6.45) is 2.51. The largest absolute Gasteiger partial charge is 0.316 e. The Labute approximate surface area is 170 Å². The van der Waals surface area contributed by atoms with Gasteiger partial charge < -0.3 is 4.57 Å². The summed E-state index contributed by atoms with van der Waals surface area (Å²) in [5, 5.41) is 0.702. The van der Waals surface area contributed by atoms with Crippen LogP contribution in [-0.2, 0) is 11.3 Å². The van der Waals surface area contributed by atoms with Crippen LogP contribution in [-0.4, -0.2) is 28.2 Å². The topological polar surface area (TPSA) is 34.4 Å². The average Bonchev–Trinajstić information content (AvgIpc) is 2.96. The number of carbonyl (C=O) groups excluding carboxylic acids is 1. The van der Waals surface area contributed by atoms with Crippen LogP contribution in [0.4, 0.5) is 0 Å². The van der Waals surface area contributed by atoms with Gasteiger partial charge >= 0.3 is 0 Å². The number of halogens is 1. The van der Waals surface area contributed by atoms with E-state index in [4.69, 9.17) is 11.6 Å². The molecular weight excluding hydrogens is 404 g/mol. The molecule has 3 nitrogen and oxygen atoms in total. The van der Waals surface area contributed by atoms with Gasteiger partial charge in [-0.2, -0.15) is 16.8 Å². The summed E-state index contributed by atoms with van der Waals surface area (Å²) in [6, 6.07) is 15.9. The van der Waals surface area contributed by atoms with Crippen molar-refractivity contribution in [2.24, 2.45) is 4.99 Å². The van der Waals surface area contributed by atoms with E-state index in [9.17, 15) is 4.79 Å². The van der Waals surface area contributed by atoms with Crippen molar-refractivity contribution >= 4 is 62.6 Å². The third-order valence-corrected chi connectivity index (χ3v) is 6.59. The molecule has 0 radical (unpaired) electrons. The maximum absolute atomic E-state index is 12.4. The molecular formula is C19H19ClN2OS3. The number of rotatable bonds is 7. The summed E-state index contributed by atoms with van der Waals surface area (Å²) in [4.78, 5) is 18.7. The van der Waals surface area contributed by atoms with Gasteiger partial charge in [0, 0.05) is 34.4 Å². The van der Waals surface area contributed by atoms with Crippen molar-refractivity contribution in [3.63, 3.8) is 0 Å². The van der Waals surface area contributed by atoms with E-state index < -0.39 is 0 Å². The van der Waals surface area contributed by atoms with Crippen molar-refractivity contribution < 1.29 is 4.79 Å². The summed E-state index contributed by atoms with van der Waals surface area (Å²) >= 11 is 11.1. The zero-order valence-corrected chi connectivity index (χ0v) is 17.6. The van der Waals surface area contributed by atoms with Crippen LogP contribution in [0.15, 0.2) is 58.4 Å². The fourth-order valence-corrected chi connectivity index (χ4v) is 5.04. The molecule has 0 saturated heterocycles. The van der Waals surface area contributed by atoms with Crippen LogP contribution >= 0.6 is 46.5 Å². The fraction of sp³-hybridized carbons (Fsp3) is 0.263. The molecule has 3 aromatic rings. The molecule has 1 amide bonds. The molecule has 0 atom stereocenters. The van der Waals surface area contributed by atoms with E-state index in [2.05, 4.69) is 27.9 Å². The maximum Gasteiger partial charge on any atom is 0.249 e. The maximum atomic E-state index is 12.4. The second kappa shape index (κ2) is 9.65. The van der Waals surface area contributed by atoms with Crippen molar-refractivity contribution in [1.82, 2.24) is 4.57 Å². The lowest BCUT2D eigenvalue weighted by Crippen LogP contribution is -2.18. The fourth-order valence-electron chi connectivity index (χ4n) is 2.47. The van der Waals surface area contributed by atoms with Crippen molar-refractivity contribution in [3.8, 4) is 0 Å². The Kier molecular flexibility index (Phi) is 7.25. The number of aromatic nitrogens is 1. The molecule has 0 aliphatic rings. The predicted octanol–water partition coefficient (Wildman–Crippen LogP) is 5.33. The second-order valence-electron chi connectivity index (χ2n) is 5.56. The van der Waals surface area contributed by atoms with Crippen LogP contribution in [0, 0.1) is 0 Å². The molecule has 0 fully saturated rings. The van der Waals surface area contributed by atoms with E-state index >= 15 is 0 Å². The number of hydrogen-bond donors (Lipinski definition) is 0. The third kappa shape index (κ3) is 5.16. The summed E-state index contributed by atoms with van der Waals surface area (Å²) in [7, 11) is 0. The lowest BCUT2D eigenvalue weighted by Gasteiger charge is -2.03. The zero-order valence-electron chi connectivity index (χ0n) is 14.4. The van der Waals surface area contributed by atoms with Crippen molar-refractivity contribution in [3.05, 3.63) is 58.4 Å². The monoisotopic (exact) mass is 422 g/mol. The Morgan fingerprint density at radius 1 is 1.19 bits per heavy atom. The molecule has 0 bridgehead atoms. The second-order valence-corrected chi connectivity index (χ2v) is 9.16. The first-order valence-corrected chi connectivity index (χ1v) is 11.8. The van der Waals surface area contributed by atoms with Gasteiger partial charge in [-0.05, 0) is 36.6 Å². The standard InChI is InChI=1S/C19H19ClN2OS3/c1-24-12-10-22-16-8-7-14(20)13-17(16)26-19(22)21-18(23)9-11-25-15-5-3-2-4-6-15/h2-8,13H,9-12H2,1H3. The van der Waals surface area contributed by atoms with Gasteiger partial charge in [-0.1, -0.05) is 41.1 Å². The Balaban J connectivity index is 1.77. The molecule has 2 aromatic carbocycles. The number of carbonyl (C=O) groups is 1. The molecule has 1 heterocycles. The van der Waals surface area contributed by atoms with Crippen molar-refractivity contribution in [1.29, 1.82) is 0 Å². The van der Waals surface area contributed by atoms with E-state index in [0.717, 1.165) is 33.1 Å². The Morgan fingerprint density at radius 3 is 2.77 bits per heavy atom. The molecule has 0 N–H and O–H groups in total. The lowest BCUT2D eigenvalue weighted by atomic mass is 10.3. The van der Waals surface area contributed by atoms with Crippen LogP contribution in [0.5, 0.6) is 0 Å². The lowest BCUT2D eigenvalue weighted by molar-refractivity contribution is -0.117. The van der Waals surface area contributed by atoms with Gasteiger partial charge in [0.2, 0.25) is 5.91 Å². The summed E-state index contributed by atoms with van der Waals surface area (Å²) in [5.74, 6) is 1.62. The highest BCUT2D eigenvalue weighted by molar-refractivity contribution is 7.99. The molecule has 0 aliphatic carbocycles. The summed E-state index contributed by atoms with van der Waals surface area (Å²) in [6.45, 7) is 0.827. The van der Waals surface area contributed by atoms with Crippen LogP contribution < -0.4 is 4.80 Å². The number of hydrogen-bond acceptors (Lipinski definition) is 4. The Bertz CT molecular complexity index is 950.